The second kappa shape index (κ2) is 15.0. The van der Waals surface area contributed by atoms with Crippen LogP contribution in [0.2, 0.25) is 0 Å². The third kappa shape index (κ3) is 9.32. The highest BCUT2D eigenvalue weighted by Gasteiger charge is 2.08. The normalized spacial score (nSPS) is 12.1. The maximum atomic E-state index is 6.15. The first-order valence-corrected chi connectivity index (χ1v) is 12.4. The van der Waals surface area contributed by atoms with Gasteiger partial charge in [0.15, 0.2) is 0 Å². The molecule has 2 heteroatoms. The lowest BCUT2D eigenvalue weighted by atomic mass is 10.0. The Kier molecular flexibility index (Phi) is 12.3. The Morgan fingerprint density at radius 2 is 1.63 bits per heavy atom. The van der Waals surface area contributed by atoms with Crippen LogP contribution in [-0.2, 0) is 6.42 Å². The lowest BCUT2D eigenvalue weighted by molar-refractivity contribution is 0.301. The first-order chi connectivity index (χ1) is 14.7. The van der Waals surface area contributed by atoms with Gasteiger partial charge in [-0.2, -0.15) is 0 Å². The van der Waals surface area contributed by atoms with Crippen LogP contribution in [0.3, 0.4) is 0 Å². The number of para-hydroxylation sites is 1. The van der Waals surface area contributed by atoms with Crippen LogP contribution < -0.4 is 4.74 Å². The second-order valence-corrected chi connectivity index (χ2v) is 8.77. The molecule has 1 atom stereocenters. The number of hydrogen-bond acceptors (Lipinski definition) is 2. The van der Waals surface area contributed by atoms with Crippen molar-refractivity contribution in [3.05, 3.63) is 48.2 Å². The molecule has 166 valence electrons. The molecule has 1 aromatic carbocycles. The summed E-state index contributed by atoms with van der Waals surface area (Å²) in [6, 6.07) is 12.8. The maximum absolute atomic E-state index is 6.15. The van der Waals surface area contributed by atoms with Crippen molar-refractivity contribution in [2.75, 3.05) is 6.61 Å². The molecule has 0 amide bonds. The van der Waals surface area contributed by atoms with E-state index < -0.39 is 0 Å². The molecule has 0 aliphatic carbocycles. The van der Waals surface area contributed by atoms with E-state index in [1.54, 1.807) is 0 Å². The van der Waals surface area contributed by atoms with E-state index in [0.29, 0.717) is 0 Å². The Balaban J connectivity index is 1.84. The largest absolute Gasteiger partial charge is 0.493 e. The molecule has 1 unspecified atom stereocenters. The van der Waals surface area contributed by atoms with Gasteiger partial charge in [0.05, 0.1) is 12.3 Å². The van der Waals surface area contributed by atoms with E-state index in [1.807, 2.05) is 6.20 Å². The van der Waals surface area contributed by atoms with E-state index in [-0.39, 0.29) is 0 Å². The molecule has 0 saturated heterocycles. The fourth-order valence-electron chi connectivity index (χ4n) is 3.85. The van der Waals surface area contributed by atoms with Crippen LogP contribution in [-0.4, -0.2) is 11.6 Å². The first kappa shape index (κ1) is 24.4. The fraction of sp³-hybridized carbons (Fsp3) is 0.607. The van der Waals surface area contributed by atoms with Crippen molar-refractivity contribution in [1.29, 1.82) is 0 Å². The summed E-state index contributed by atoms with van der Waals surface area (Å²) in [6.45, 7) is 7.66. The number of aryl methyl sites for hydroxylation is 1. The van der Waals surface area contributed by atoms with Gasteiger partial charge >= 0.3 is 0 Å². The summed E-state index contributed by atoms with van der Waals surface area (Å²) in [5, 5.41) is 0. The third-order valence-corrected chi connectivity index (χ3v) is 6.10. The lowest BCUT2D eigenvalue weighted by Gasteiger charge is -2.13. The monoisotopic (exact) mass is 409 g/mol. The zero-order valence-corrected chi connectivity index (χ0v) is 19.7. The minimum Gasteiger partial charge on any atom is -0.493 e. The van der Waals surface area contributed by atoms with Gasteiger partial charge < -0.3 is 4.74 Å². The Labute approximate surface area is 185 Å². The predicted octanol–water partition coefficient (Wildman–Crippen LogP) is 8.64. The molecule has 0 radical (unpaired) electrons. The smallest absolute Gasteiger partial charge is 0.128 e. The minimum absolute atomic E-state index is 0.783. The van der Waals surface area contributed by atoms with Gasteiger partial charge in [-0.25, -0.2) is 0 Å². The van der Waals surface area contributed by atoms with Crippen molar-refractivity contribution in [2.45, 2.75) is 97.8 Å². The molecular weight excluding hydrogens is 366 g/mol. The van der Waals surface area contributed by atoms with Crippen molar-refractivity contribution in [3.63, 3.8) is 0 Å². The molecule has 0 spiro atoms. The fourth-order valence-corrected chi connectivity index (χ4v) is 3.85. The molecule has 0 N–H and O–H groups in total. The molecule has 0 bridgehead atoms. The van der Waals surface area contributed by atoms with Crippen LogP contribution in [0.1, 0.15) is 97.0 Å². The van der Waals surface area contributed by atoms with Gasteiger partial charge in [-0.15, -0.1) is 0 Å². The molecule has 1 aromatic heterocycles. The summed E-state index contributed by atoms with van der Waals surface area (Å²) in [5.74, 6) is 1.78. The quantitative estimate of drug-likeness (QED) is 0.259. The van der Waals surface area contributed by atoms with Crippen molar-refractivity contribution in [1.82, 2.24) is 4.98 Å². The number of aromatic nitrogens is 1. The SMILES string of the molecule is CCCCCCCCCc1ccnc(-c2ccccc2OCCCCC(C)CC)c1. The Morgan fingerprint density at radius 1 is 0.867 bits per heavy atom. The molecular formula is C28H43NO. The summed E-state index contributed by atoms with van der Waals surface area (Å²) < 4.78 is 6.15. The van der Waals surface area contributed by atoms with Crippen molar-refractivity contribution in [2.24, 2.45) is 5.92 Å². The van der Waals surface area contributed by atoms with Gasteiger partial charge in [0.25, 0.3) is 0 Å². The topological polar surface area (TPSA) is 22.1 Å². The summed E-state index contributed by atoms with van der Waals surface area (Å²) in [7, 11) is 0. The predicted molar refractivity (Wildman–Crippen MR) is 130 cm³/mol. The van der Waals surface area contributed by atoms with Gasteiger partial charge in [-0.05, 0) is 61.4 Å². The minimum atomic E-state index is 0.783. The van der Waals surface area contributed by atoms with E-state index in [0.717, 1.165) is 42.4 Å². The molecule has 2 aromatic rings. The van der Waals surface area contributed by atoms with Gasteiger partial charge in [0.2, 0.25) is 0 Å². The number of ether oxygens (including phenoxy) is 1. The van der Waals surface area contributed by atoms with E-state index in [2.05, 4.69) is 62.2 Å². The number of unbranched alkanes of at least 4 members (excludes halogenated alkanes) is 7. The molecule has 0 fully saturated rings. The Morgan fingerprint density at radius 3 is 2.43 bits per heavy atom. The Hall–Kier alpha value is -1.83. The van der Waals surface area contributed by atoms with E-state index in [9.17, 15) is 0 Å². The highest BCUT2D eigenvalue weighted by molar-refractivity contribution is 5.67. The van der Waals surface area contributed by atoms with Gasteiger partial charge in [0, 0.05) is 11.8 Å². The van der Waals surface area contributed by atoms with Gasteiger partial charge in [-0.1, -0.05) is 84.3 Å². The van der Waals surface area contributed by atoms with Crippen molar-refractivity contribution >= 4 is 0 Å². The highest BCUT2D eigenvalue weighted by Crippen LogP contribution is 2.29. The summed E-state index contributed by atoms with van der Waals surface area (Å²) in [4.78, 5) is 4.65. The molecule has 2 nitrogen and oxygen atoms in total. The second-order valence-electron chi connectivity index (χ2n) is 8.77. The zero-order chi connectivity index (χ0) is 21.4. The molecule has 0 aliphatic rings. The summed E-state index contributed by atoms with van der Waals surface area (Å²) in [6.07, 6.45) is 17.5. The number of pyridine rings is 1. The molecule has 0 saturated carbocycles. The van der Waals surface area contributed by atoms with Crippen molar-refractivity contribution in [3.8, 4) is 17.0 Å². The number of rotatable bonds is 16. The van der Waals surface area contributed by atoms with Crippen molar-refractivity contribution < 1.29 is 4.74 Å². The average Bonchev–Trinajstić information content (AvgIpc) is 2.78. The summed E-state index contributed by atoms with van der Waals surface area (Å²) >= 11 is 0. The van der Waals surface area contributed by atoms with Crippen LogP contribution in [0, 0.1) is 5.92 Å². The Bertz CT molecular complexity index is 697. The van der Waals surface area contributed by atoms with E-state index >= 15 is 0 Å². The molecule has 2 rings (SSSR count). The van der Waals surface area contributed by atoms with Gasteiger partial charge in [-0.3, -0.25) is 4.98 Å². The zero-order valence-electron chi connectivity index (χ0n) is 19.7. The summed E-state index contributed by atoms with van der Waals surface area (Å²) in [5.41, 5.74) is 3.53. The number of nitrogens with zero attached hydrogens (tertiary/aromatic N) is 1. The maximum Gasteiger partial charge on any atom is 0.128 e. The average molecular weight is 410 g/mol. The lowest BCUT2D eigenvalue weighted by Crippen LogP contribution is -2.01. The standard InChI is InChI=1S/C28H43NO/c1-4-6-7-8-9-10-11-17-25-20-21-29-27(23-25)26-18-12-13-19-28(26)30-22-15-14-16-24(3)5-2/h12-13,18-21,23-24H,4-11,14-17,22H2,1-3H3. The highest BCUT2D eigenvalue weighted by atomic mass is 16.5. The van der Waals surface area contributed by atoms with Crippen LogP contribution in [0.15, 0.2) is 42.6 Å². The van der Waals surface area contributed by atoms with Crippen LogP contribution in [0.25, 0.3) is 11.3 Å². The third-order valence-electron chi connectivity index (χ3n) is 6.10. The first-order valence-electron chi connectivity index (χ1n) is 12.4. The molecule has 30 heavy (non-hydrogen) atoms. The molecule has 0 aliphatic heterocycles. The van der Waals surface area contributed by atoms with E-state index in [4.69, 9.17) is 4.74 Å². The number of benzene rings is 1. The van der Waals surface area contributed by atoms with Crippen LogP contribution in [0.4, 0.5) is 0 Å². The van der Waals surface area contributed by atoms with Crippen LogP contribution >= 0.6 is 0 Å². The van der Waals surface area contributed by atoms with Gasteiger partial charge in [0.1, 0.15) is 5.75 Å². The van der Waals surface area contributed by atoms with Crippen LogP contribution in [0.5, 0.6) is 5.75 Å². The number of hydrogen-bond donors (Lipinski definition) is 0. The molecule has 1 heterocycles. The van der Waals surface area contributed by atoms with E-state index in [1.165, 1.54) is 69.8 Å².